The number of aliphatic hydroxyl groups excluding tert-OH is 1. The predicted molar refractivity (Wildman–Crippen MR) is 108 cm³/mol. The molecule has 6 nitrogen and oxygen atoms in total. The molecule has 1 saturated carbocycles. The summed E-state index contributed by atoms with van der Waals surface area (Å²) < 4.78 is 0. The van der Waals surface area contributed by atoms with Gasteiger partial charge in [0.05, 0.1) is 5.92 Å². The Hall–Kier alpha value is -1.92. The van der Waals surface area contributed by atoms with Crippen molar-refractivity contribution in [2.24, 2.45) is 17.6 Å². The molecule has 0 spiro atoms. The van der Waals surface area contributed by atoms with Gasteiger partial charge in [-0.2, -0.15) is 0 Å². The first-order valence-electron chi connectivity index (χ1n) is 10.4. The fourth-order valence-electron chi connectivity index (χ4n) is 3.99. The number of hydrogen-bond acceptors (Lipinski definition) is 4. The van der Waals surface area contributed by atoms with Crippen LogP contribution >= 0.6 is 0 Å². The highest BCUT2D eigenvalue weighted by molar-refractivity contribution is 5.82. The molecule has 156 valence electrons. The second kappa shape index (κ2) is 11.2. The molecule has 1 aliphatic carbocycles. The first-order valence-corrected chi connectivity index (χ1v) is 10.4. The molecule has 0 bridgehead atoms. The topological polar surface area (TPSA) is 104 Å². The van der Waals surface area contributed by atoms with Crippen LogP contribution in [-0.2, 0) is 16.1 Å². The molecule has 0 aliphatic heterocycles. The molecule has 0 aromatic heterocycles. The van der Waals surface area contributed by atoms with Gasteiger partial charge in [0.25, 0.3) is 5.91 Å². The number of hydrogen-bond donors (Lipinski definition) is 3. The number of amides is 1. The summed E-state index contributed by atoms with van der Waals surface area (Å²) >= 11 is 0. The molecule has 1 aromatic carbocycles. The van der Waals surface area contributed by atoms with Gasteiger partial charge < -0.3 is 20.8 Å². The van der Waals surface area contributed by atoms with Crippen LogP contribution in [0.2, 0.25) is 0 Å². The molecule has 0 radical (unpaired) electrons. The van der Waals surface area contributed by atoms with Gasteiger partial charge in [0.2, 0.25) is 0 Å². The number of aliphatic hydroxyl groups is 1. The van der Waals surface area contributed by atoms with Crippen LogP contribution in [0.1, 0.15) is 57.4 Å². The van der Waals surface area contributed by atoms with E-state index in [0.29, 0.717) is 18.8 Å². The maximum absolute atomic E-state index is 13.0. The minimum Gasteiger partial charge on any atom is -0.481 e. The maximum Gasteiger partial charge on any atom is 0.308 e. The highest BCUT2D eigenvalue weighted by Gasteiger charge is 2.32. The molecule has 0 heterocycles. The quantitative estimate of drug-likeness (QED) is 0.570. The van der Waals surface area contributed by atoms with Crippen molar-refractivity contribution in [3.05, 3.63) is 35.9 Å². The molecule has 1 fully saturated rings. The zero-order valence-electron chi connectivity index (χ0n) is 16.8. The van der Waals surface area contributed by atoms with E-state index in [1.165, 1.54) is 24.2 Å². The average molecular weight is 391 g/mol. The second-order valence-electron chi connectivity index (χ2n) is 8.00. The first kappa shape index (κ1) is 22.4. The first-order chi connectivity index (χ1) is 13.4. The number of rotatable bonds is 10. The van der Waals surface area contributed by atoms with E-state index >= 15 is 0 Å². The van der Waals surface area contributed by atoms with Crippen LogP contribution < -0.4 is 5.73 Å². The van der Waals surface area contributed by atoms with E-state index in [1.807, 2.05) is 30.3 Å². The molecule has 0 saturated heterocycles. The number of carboxylic acids is 1. The van der Waals surface area contributed by atoms with Gasteiger partial charge in [-0.25, -0.2) is 0 Å². The lowest BCUT2D eigenvalue weighted by Gasteiger charge is -2.31. The molecular weight excluding hydrogens is 356 g/mol. The minimum absolute atomic E-state index is 0.0623. The Morgan fingerprint density at radius 1 is 1.18 bits per heavy atom. The molecule has 3 atom stereocenters. The summed E-state index contributed by atoms with van der Waals surface area (Å²) in [5.41, 5.74) is 7.08. The zero-order chi connectivity index (χ0) is 20.5. The third-order valence-electron chi connectivity index (χ3n) is 5.80. The summed E-state index contributed by atoms with van der Waals surface area (Å²) in [7, 11) is 0. The van der Waals surface area contributed by atoms with E-state index in [9.17, 15) is 19.8 Å². The Kier molecular flexibility index (Phi) is 8.93. The lowest BCUT2D eigenvalue weighted by Crippen LogP contribution is -2.50. The lowest BCUT2D eigenvalue weighted by atomic mass is 9.84. The van der Waals surface area contributed by atoms with E-state index in [0.717, 1.165) is 18.4 Å². The van der Waals surface area contributed by atoms with E-state index in [1.54, 1.807) is 6.92 Å². The van der Waals surface area contributed by atoms with E-state index in [-0.39, 0.29) is 13.1 Å². The van der Waals surface area contributed by atoms with Crippen molar-refractivity contribution >= 4 is 11.9 Å². The molecule has 1 aromatic rings. The Balaban J connectivity index is 2.07. The molecule has 4 N–H and O–H groups in total. The maximum atomic E-state index is 13.0. The summed E-state index contributed by atoms with van der Waals surface area (Å²) in [6.45, 7) is 2.11. The third kappa shape index (κ3) is 6.60. The summed E-state index contributed by atoms with van der Waals surface area (Å²) in [5.74, 6) is -1.63. The fraction of sp³-hybridized carbons (Fsp3) is 0.636. The van der Waals surface area contributed by atoms with Crippen molar-refractivity contribution in [1.29, 1.82) is 0 Å². The van der Waals surface area contributed by atoms with Crippen LogP contribution in [0.15, 0.2) is 30.3 Å². The van der Waals surface area contributed by atoms with Crippen LogP contribution in [-0.4, -0.2) is 45.7 Å². The van der Waals surface area contributed by atoms with Gasteiger partial charge in [0.15, 0.2) is 0 Å². The van der Waals surface area contributed by atoms with Crippen molar-refractivity contribution in [3.63, 3.8) is 0 Å². The number of carboxylic acid groups (broad SMARTS) is 1. The highest BCUT2D eigenvalue weighted by atomic mass is 16.4. The number of carbonyl (C=O) groups is 2. The van der Waals surface area contributed by atoms with Crippen LogP contribution in [0.4, 0.5) is 0 Å². The number of benzene rings is 1. The van der Waals surface area contributed by atoms with Crippen molar-refractivity contribution < 1.29 is 19.8 Å². The molecular formula is C22H34N2O4. The van der Waals surface area contributed by atoms with Crippen LogP contribution in [0.3, 0.4) is 0 Å². The van der Waals surface area contributed by atoms with Gasteiger partial charge >= 0.3 is 5.97 Å². The summed E-state index contributed by atoms with van der Waals surface area (Å²) in [4.78, 5) is 25.9. The van der Waals surface area contributed by atoms with Gasteiger partial charge in [-0.15, -0.1) is 0 Å². The van der Waals surface area contributed by atoms with Crippen molar-refractivity contribution in [2.75, 3.05) is 6.54 Å². The van der Waals surface area contributed by atoms with Crippen LogP contribution in [0.25, 0.3) is 0 Å². The van der Waals surface area contributed by atoms with E-state index in [2.05, 4.69) is 0 Å². The number of nitrogens with zero attached hydrogens (tertiary/aromatic N) is 1. The lowest BCUT2D eigenvalue weighted by molar-refractivity contribution is -0.147. The van der Waals surface area contributed by atoms with Gasteiger partial charge in [-0.3, -0.25) is 9.59 Å². The summed E-state index contributed by atoms with van der Waals surface area (Å²) in [5, 5.41) is 20.0. The van der Waals surface area contributed by atoms with Crippen molar-refractivity contribution in [2.45, 2.75) is 70.6 Å². The van der Waals surface area contributed by atoms with Crippen LogP contribution in [0.5, 0.6) is 0 Å². The van der Waals surface area contributed by atoms with E-state index < -0.39 is 29.9 Å². The molecule has 2 unspecified atom stereocenters. The summed E-state index contributed by atoms with van der Waals surface area (Å²) in [6, 6.07) is 8.78. The van der Waals surface area contributed by atoms with Gasteiger partial charge in [0, 0.05) is 19.1 Å². The third-order valence-corrected chi connectivity index (χ3v) is 5.80. The average Bonchev–Trinajstić information content (AvgIpc) is 2.71. The number of nitrogens with two attached hydrogens (primary N) is 1. The predicted octanol–water partition coefficient (Wildman–Crippen LogP) is 2.78. The Morgan fingerprint density at radius 3 is 2.39 bits per heavy atom. The fourth-order valence-corrected chi connectivity index (χ4v) is 3.99. The SMILES string of the molecule is CCC(CN(Cc1ccccc1)C(=O)C(O)[C@H](N)CC1CCCCC1)C(=O)O. The zero-order valence-corrected chi connectivity index (χ0v) is 16.8. The van der Waals surface area contributed by atoms with Crippen molar-refractivity contribution in [1.82, 2.24) is 4.90 Å². The van der Waals surface area contributed by atoms with Gasteiger partial charge in [-0.05, 0) is 24.3 Å². The standard InChI is InChI=1S/C22H34N2O4/c1-2-18(22(27)28)15-24(14-17-11-7-4-8-12-17)21(26)20(25)19(23)13-16-9-5-3-6-10-16/h4,7-8,11-12,16,18-20,25H,2-3,5-6,9-10,13-15,23H2,1H3,(H,27,28)/t18?,19-,20?/m1/s1. The number of aliphatic carboxylic acids is 1. The number of carbonyl (C=O) groups excluding carboxylic acids is 1. The highest BCUT2D eigenvalue weighted by Crippen LogP contribution is 2.27. The normalized spacial score (nSPS) is 18.2. The molecule has 1 amide bonds. The van der Waals surface area contributed by atoms with Crippen molar-refractivity contribution in [3.8, 4) is 0 Å². The Bertz CT molecular complexity index is 616. The molecule has 6 heteroatoms. The second-order valence-corrected chi connectivity index (χ2v) is 8.00. The Morgan fingerprint density at radius 2 is 1.82 bits per heavy atom. The smallest absolute Gasteiger partial charge is 0.308 e. The summed E-state index contributed by atoms with van der Waals surface area (Å²) in [6.07, 6.45) is 5.53. The molecule has 2 rings (SSSR count). The van der Waals surface area contributed by atoms with Crippen LogP contribution in [0, 0.1) is 11.8 Å². The van der Waals surface area contributed by atoms with Gasteiger partial charge in [-0.1, -0.05) is 69.4 Å². The monoisotopic (exact) mass is 390 g/mol. The Labute approximate surface area is 167 Å². The molecule has 28 heavy (non-hydrogen) atoms. The van der Waals surface area contributed by atoms with Gasteiger partial charge in [0.1, 0.15) is 6.10 Å². The van der Waals surface area contributed by atoms with E-state index in [4.69, 9.17) is 5.73 Å². The minimum atomic E-state index is -1.31. The molecule has 1 aliphatic rings. The largest absolute Gasteiger partial charge is 0.481 e.